The Morgan fingerprint density at radius 2 is 1.63 bits per heavy atom. The van der Waals surface area contributed by atoms with Crippen LogP contribution in [0.3, 0.4) is 0 Å². The van der Waals surface area contributed by atoms with Gasteiger partial charge in [0.2, 0.25) is 15.9 Å². The average Bonchev–Trinajstić information content (AvgIpc) is 2.79. The molecule has 4 rings (SSSR count). The monoisotopic (exact) mass is 429 g/mol. The molecule has 0 spiro atoms. The van der Waals surface area contributed by atoms with Crippen molar-refractivity contribution in [1.29, 1.82) is 0 Å². The molecule has 1 heterocycles. The summed E-state index contributed by atoms with van der Waals surface area (Å²) < 4.78 is 27.8. The van der Waals surface area contributed by atoms with Gasteiger partial charge in [0.05, 0.1) is 10.9 Å². The van der Waals surface area contributed by atoms with Crippen molar-refractivity contribution >= 4 is 26.7 Å². The van der Waals surface area contributed by atoms with Crippen LogP contribution in [-0.2, 0) is 14.8 Å². The van der Waals surface area contributed by atoms with E-state index in [4.69, 9.17) is 0 Å². The molecule has 1 saturated carbocycles. The lowest BCUT2D eigenvalue weighted by Crippen LogP contribution is -2.55. The van der Waals surface area contributed by atoms with Gasteiger partial charge in [-0.05, 0) is 42.7 Å². The maximum absolute atomic E-state index is 13.1. The molecule has 2 fully saturated rings. The zero-order valence-electron chi connectivity index (χ0n) is 17.6. The summed E-state index contributed by atoms with van der Waals surface area (Å²) in [5.74, 6) is 0.0627. The summed E-state index contributed by atoms with van der Waals surface area (Å²) in [6.07, 6.45) is 5.76. The number of nitrogens with zero attached hydrogens (tertiary/aromatic N) is 2. The van der Waals surface area contributed by atoms with E-state index in [1.807, 2.05) is 37.3 Å². The van der Waals surface area contributed by atoms with Crippen LogP contribution in [0.5, 0.6) is 0 Å². The summed E-state index contributed by atoms with van der Waals surface area (Å²) in [5, 5.41) is 5.14. The minimum absolute atomic E-state index is 0.0627. The standard InChI is InChI=1S/C23H31N3O3S/c1-18(23(27)24-21-9-3-2-4-10-21)25-13-15-26(16-14-25)30(28,29)22-12-11-19-7-5-6-8-20(19)17-22/h5-8,11-12,17-18,21H,2-4,9-10,13-16H2,1H3,(H,24,27). The quantitative estimate of drug-likeness (QED) is 0.793. The van der Waals surface area contributed by atoms with Crippen molar-refractivity contribution in [2.45, 2.75) is 56.0 Å². The van der Waals surface area contributed by atoms with E-state index in [1.54, 1.807) is 16.4 Å². The van der Waals surface area contributed by atoms with Crippen molar-refractivity contribution in [2.75, 3.05) is 26.2 Å². The fourth-order valence-electron chi connectivity index (χ4n) is 4.54. The van der Waals surface area contributed by atoms with E-state index in [2.05, 4.69) is 10.2 Å². The fraction of sp³-hybridized carbons (Fsp3) is 0.522. The summed E-state index contributed by atoms with van der Waals surface area (Å²) in [4.78, 5) is 15.1. The van der Waals surface area contributed by atoms with Gasteiger partial charge in [0, 0.05) is 32.2 Å². The highest BCUT2D eigenvalue weighted by molar-refractivity contribution is 7.89. The Kier molecular flexibility index (Phi) is 6.41. The normalized spacial score (nSPS) is 20.8. The number of hydrogen-bond donors (Lipinski definition) is 1. The van der Waals surface area contributed by atoms with Gasteiger partial charge in [-0.15, -0.1) is 0 Å². The number of sulfonamides is 1. The highest BCUT2D eigenvalue weighted by Crippen LogP contribution is 2.23. The molecule has 1 aliphatic carbocycles. The molecule has 1 unspecified atom stereocenters. The van der Waals surface area contributed by atoms with Crippen molar-refractivity contribution in [3.8, 4) is 0 Å². The smallest absolute Gasteiger partial charge is 0.243 e. The van der Waals surface area contributed by atoms with E-state index < -0.39 is 10.0 Å². The molecule has 30 heavy (non-hydrogen) atoms. The molecule has 0 bridgehead atoms. The summed E-state index contributed by atoms with van der Waals surface area (Å²) >= 11 is 0. The Bertz CT molecular complexity index is 994. The molecule has 0 radical (unpaired) electrons. The van der Waals surface area contributed by atoms with Crippen molar-refractivity contribution < 1.29 is 13.2 Å². The number of amides is 1. The first-order valence-electron chi connectivity index (χ1n) is 11.0. The van der Waals surface area contributed by atoms with Gasteiger partial charge in [-0.1, -0.05) is 49.6 Å². The van der Waals surface area contributed by atoms with E-state index in [0.717, 1.165) is 23.6 Å². The molecule has 1 N–H and O–H groups in total. The molecule has 1 saturated heterocycles. The first-order chi connectivity index (χ1) is 14.4. The van der Waals surface area contributed by atoms with Gasteiger partial charge < -0.3 is 5.32 Å². The van der Waals surface area contributed by atoms with Crippen LogP contribution in [-0.4, -0.2) is 61.8 Å². The molecule has 0 aromatic heterocycles. The Morgan fingerprint density at radius 1 is 0.967 bits per heavy atom. The number of fused-ring (bicyclic) bond motifs is 1. The molecule has 2 aromatic carbocycles. The number of piperazine rings is 1. The molecule has 2 aromatic rings. The maximum atomic E-state index is 13.1. The minimum Gasteiger partial charge on any atom is -0.352 e. The first kappa shape index (κ1) is 21.3. The Morgan fingerprint density at radius 3 is 2.33 bits per heavy atom. The van der Waals surface area contributed by atoms with Crippen LogP contribution in [0, 0.1) is 0 Å². The van der Waals surface area contributed by atoms with Crippen molar-refractivity contribution in [3.05, 3.63) is 42.5 Å². The molecule has 1 atom stereocenters. The predicted octanol–water partition coefficient (Wildman–Crippen LogP) is 2.98. The van der Waals surface area contributed by atoms with Gasteiger partial charge in [-0.25, -0.2) is 8.42 Å². The number of benzene rings is 2. The van der Waals surface area contributed by atoms with Gasteiger partial charge in [0.1, 0.15) is 0 Å². The Hall–Kier alpha value is -1.96. The van der Waals surface area contributed by atoms with Gasteiger partial charge in [-0.2, -0.15) is 4.31 Å². The predicted molar refractivity (Wildman–Crippen MR) is 119 cm³/mol. The van der Waals surface area contributed by atoms with Crippen LogP contribution < -0.4 is 5.32 Å². The molecule has 7 heteroatoms. The van der Waals surface area contributed by atoms with E-state index >= 15 is 0 Å². The van der Waals surface area contributed by atoms with E-state index in [-0.39, 0.29) is 11.9 Å². The van der Waals surface area contributed by atoms with Crippen LogP contribution >= 0.6 is 0 Å². The lowest BCUT2D eigenvalue weighted by molar-refractivity contribution is -0.127. The van der Waals surface area contributed by atoms with Gasteiger partial charge in [0.15, 0.2) is 0 Å². The topological polar surface area (TPSA) is 69.7 Å². The Labute approximate surface area is 179 Å². The van der Waals surface area contributed by atoms with Gasteiger partial charge >= 0.3 is 0 Å². The van der Waals surface area contributed by atoms with E-state index in [9.17, 15) is 13.2 Å². The van der Waals surface area contributed by atoms with Crippen LogP contribution in [0.15, 0.2) is 47.4 Å². The molecular formula is C23H31N3O3S. The lowest BCUT2D eigenvalue weighted by Gasteiger charge is -2.37. The third-order valence-electron chi connectivity index (χ3n) is 6.51. The van der Waals surface area contributed by atoms with Crippen LogP contribution in [0.25, 0.3) is 10.8 Å². The maximum Gasteiger partial charge on any atom is 0.243 e. The molecule has 162 valence electrons. The van der Waals surface area contributed by atoms with Crippen LogP contribution in [0.2, 0.25) is 0 Å². The van der Waals surface area contributed by atoms with Crippen molar-refractivity contribution in [3.63, 3.8) is 0 Å². The zero-order chi connectivity index (χ0) is 21.1. The fourth-order valence-corrected chi connectivity index (χ4v) is 6.00. The summed E-state index contributed by atoms with van der Waals surface area (Å²) in [6.45, 7) is 3.84. The minimum atomic E-state index is -3.54. The third kappa shape index (κ3) is 4.53. The second-order valence-corrected chi connectivity index (χ2v) is 10.4. The summed E-state index contributed by atoms with van der Waals surface area (Å²) in [5.41, 5.74) is 0. The molecule has 6 nitrogen and oxygen atoms in total. The highest BCUT2D eigenvalue weighted by Gasteiger charge is 2.32. The first-order valence-corrected chi connectivity index (χ1v) is 12.4. The lowest BCUT2D eigenvalue weighted by atomic mass is 9.95. The molecular weight excluding hydrogens is 398 g/mol. The second-order valence-electron chi connectivity index (χ2n) is 8.47. The van der Waals surface area contributed by atoms with Crippen LogP contribution in [0.1, 0.15) is 39.0 Å². The number of carbonyl (C=O) groups excluding carboxylic acids is 1. The SMILES string of the molecule is CC(C(=O)NC1CCCCC1)N1CCN(S(=O)(=O)c2ccc3ccccc3c2)CC1. The largest absolute Gasteiger partial charge is 0.352 e. The average molecular weight is 430 g/mol. The second kappa shape index (κ2) is 9.04. The number of nitrogens with one attached hydrogen (secondary N) is 1. The van der Waals surface area contributed by atoms with Crippen molar-refractivity contribution in [1.82, 2.24) is 14.5 Å². The van der Waals surface area contributed by atoms with Gasteiger partial charge in [-0.3, -0.25) is 9.69 Å². The third-order valence-corrected chi connectivity index (χ3v) is 8.41. The van der Waals surface area contributed by atoms with Crippen LogP contribution in [0.4, 0.5) is 0 Å². The molecule has 1 aliphatic heterocycles. The summed E-state index contributed by atoms with van der Waals surface area (Å²) in [6, 6.07) is 13.1. The Balaban J connectivity index is 1.37. The number of carbonyl (C=O) groups is 1. The van der Waals surface area contributed by atoms with Crippen molar-refractivity contribution in [2.24, 2.45) is 0 Å². The van der Waals surface area contributed by atoms with E-state index in [0.29, 0.717) is 37.1 Å². The molecule has 1 amide bonds. The number of rotatable bonds is 5. The summed E-state index contributed by atoms with van der Waals surface area (Å²) in [7, 11) is -3.54. The van der Waals surface area contributed by atoms with E-state index in [1.165, 1.54) is 19.3 Å². The number of hydrogen-bond acceptors (Lipinski definition) is 4. The highest BCUT2D eigenvalue weighted by atomic mass is 32.2. The van der Waals surface area contributed by atoms with Gasteiger partial charge in [0.25, 0.3) is 0 Å². The molecule has 2 aliphatic rings. The zero-order valence-corrected chi connectivity index (χ0v) is 18.4.